The summed E-state index contributed by atoms with van der Waals surface area (Å²) in [5.41, 5.74) is 4.95. The normalized spacial score (nSPS) is 10.4. The SMILES string of the molecule is Nc1cc(NC(=O)CCc2ccco2)c(F)cc1F. The van der Waals surface area contributed by atoms with Crippen molar-refractivity contribution in [2.24, 2.45) is 0 Å². The Morgan fingerprint density at radius 2 is 2.11 bits per heavy atom. The fourth-order valence-electron chi connectivity index (χ4n) is 1.57. The van der Waals surface area contributed by atoms with E-state index in [1.165, 1.54) is 6.26 Å². The van der Waals surface area contributed by atoms with E-state index in [1.54, 1.807) is 12.1 Å². The third-order valence-corrected chi connectivity index (χ3v) is 2.54. The molecule has 3 N–H and O–H groups in total. The predicted octanol–water partition coefficient (Wildman–Crippen LogP) is 2.71. The van der Waals surface area contributed by atoms with Gasteiger partial charge in [-0.25, -0.2) is 8.78 Å². The summed E-state index contributed by atoms with van der Waals surface area (Å²) in [4.78, 5) is 11.6. The molecule has 1 heterocycles. The molecule has 4 nitrogen and oxygen atoms in total. The van der Waals surface area contributed by atoms with Crippen LogP contribution in [0.2, 0.25) is 0 Å². The average Bonchev–Trinajstić information content (AvgIpc) is 2.86. The molecule has 0 radical (unpaired) electrons. The first-order valence-electron chi connectivity index (χ1n) is 5.63. The molecule has 0 aliphatic carbocycles. The van der Waals surface area contributed by atoms with E-state index in [4.69, 9.17) is 10.2 Å². The molecule has 0 fully saturated rings. The minimum atomic E-state index is -0.863. The molecule has 1 aromatic heterocycles. The second kappa shape index (κ2) is 5.51. The van der Waals surface area contributed by atoms with Crippen LogP contribution in [0.4, 0.5) is 20.2 Å². The zero-order valence-corrected chi connectivity index (χ0v) is 9.95. The van der Waals surface area contributed by atoms with Gasteiger partial charge < -0.3 is 15.5 Å². The molecular formula is C13H12F2N2O2. The highest BCUT2D eigenvalue weighted by Gasteiger charge is 2.11. The molecule has 0 bridgehead atoms. The summed E-state index contributed by atoms with van der Waals surface area (Å²) in [7, 11) is 0. The molecule has 2 aromatic rings. The van der Waals surface area contributed by atoms with Crippen LogP contribution in [0.25, 0.3) is 0 Å². The molecule has 0 unspecified atom stereocenters. The van der Waals surface area contributed by atoms with Crippen LogP contribution in [0, 0.1) is 11.6 Å². The van der Waals surface area contributed by atoms with Gasteiger partial charge in [-0.05, 0) is 18.2 Å². The summed E-state index contributed by atoms with van der Waals surface area (Å²) in [6.07, 6.45) is 2.04. The summed E-state index contributed by atoms with van der Waals surface area (Å²) in [5, 5.41) is 2.34. The number of benzene rings is 1. The van der Waals surface area contributed by atoms with Crippen LogP contribution in [0.3, 0.4) is 0 Å². The van der Waals surface area contributed by atoms with Crippen molar-refractivity contribution in [1.29, 1.82) is 0 Å². The van der Waals surface area contributed by atoms with Crippen LogP contribution in [-0.2, 0) is 11.2 Å². The van der Waals surface area contributed by atoms with Crippen molar-refractivity contribution in [3.63, 3.8) is 0 Å². The number of anilines is 2. The van der Waals surface area contributed by atoms with Gasteiger partial charge in [-0.1, -0.05) is 0 Å². The third kappa shape index (κ3) is 3.31. The standard InChI is InChI=1S/C13H12F2N2O2/c14-9-6-10(15)12(7-11(9)16)17-13(18)4-3-8-2-1-5-19-8/h1-2,5-7H,3-4,16H2,(H,17,18). The third-order valence-electron chi connectivity index (χ3n) is 2.54. The lowest BCUT2D eigenvalue weighted by Crippen LogP contribution is -2.14. The van der Waals surface area contributed by atoms with Gasteiger partial charge in [0.15, 0.2) is 0 Å². The Hall–Kier alpha value is -2.37. The molecule has 100 valence electrons. The summed E-state index contributed by atoms with van der Waals surface area (Å²) in [6.45, 7) is 0. The summed E-state index contributed by atoms with van der Waals surface area (Å²) in [6, 6.07) is 5.14. The van der Waals surface area contributed by atoms with Crippen LogP contribution >= 0.6 is 0 Å². The maximum absolute atomic E-state index is 13.4. The molecule has 0 atom stereocenters. The largest absolute Gasteiger partial charge is 0.469 e. The molecule has 19 heavy (non-hydrogen) atoms. The van der Waals surface area contributed by atoms with Gasteiger partial charge >= 0.3 is 0 Å². The smallest absolute Gasteiger partial charge is 0.224 e. The zero-order chi connectivity index (χ0) is 13.8. The van der Waals surface area contributed by atoms with Crippen LogP contribution < -0.4 is 11.1 Å². The van der Waals surface area contributed by atoms with Crippen molar-refractivity contribution in [3.8, 4) is 0 Å². The number of amides is 1. The topological polar surface area (TPSA) is 68.3 Å². The summed E-state index contributed by atoms with van der Waals surface area (Å²) < 4.78 is 31.4. The Balaban J connectivity index is 1.97. The van der Waals surface area contributed by atoms with E-state index >= 15 is 0 Å². The number of nitrogens with one attached hydrogen (secondary N) is 1. The average molecular weight is 266 g/mol. The lowest BCUT2D eigenvalue weighted by atomic mass is 10.2. The van der Waals surface area contributed by atoms with Gasteiger partial charge in [-0.2, -0.15) is 0 Å². The summed E-state index contributed by atoms with van der Waals surface area (Å²) >= 11 is 0. The van der Waals surface area contributed by atoms with Crippen molar-refractivity contribution in [2.75, 3.05) is 11.1 Å². The molecular weight excluding hydrogens is 254 g/mol. The Labute approximate surface area is 108 Å². The van der Waals surface area contributed by atoms with E-state index in [9.17, 15) is 13.6 Å². The zero-order valence-electron chi connectivity index (χ0n) is 9.95. The molecule has 0 aliphatic rings. The van der Waals surface area contributed by atoms with E-state index in [1.807, 2.05) is 0 Å². The fourth-order valence-corrected chi connectivity index (χ4v) is 1.57. The van der Waals surface area contributed by atoms with Crippen molar-refractivity contribution >= 4 is 17.3 Å². The first-order valence-corrected chi connectivity index (χ1v) is 5.63. The van der Waals surface area contributed by atoms with E-state index in [0.717, 1.165) is 6.07 Å². The first-order chi connectivity index (χ1) is 9.06. The van der Waals surface area contributed by atoms with Crippen molar-refractivity contribution in [3.05, 3.63) is 47.9 Å². The maximum Gasteiger partial charge on any atom is 0.224 e. The quantitative estimate of drug-likeness (QED) is 0.836. The van der Waals surface area contributed by atoms with Gasteiger partial charge in [0.25, 0.3) is 0 Å². The number of rotatable bonds is 4. The fraction of sp³-hybridized carbons (Fsp3) is 0.154. The van der Waals surface area contributed by atoms with Crippen molar-refractivity contribution < 1.29 is 18.0 Å². The number of hydrogen-bond donors (Lipinski definition) is 2. The van der Waals surface area contributed by atoms with Crippen LogP contribution in [0.15, 0.2) is 34.9 Å². The minimum Gasteiger partial charge on any atom is -0.469 e. The van der Waals surface area contributed by atoms with Gasteiger partial charge in [0.05, 0.1) is 17.6 Å². The van der Waals surface area contributed by atoms with Crippen LogP contribution in [0.1, 0.15) is 12.2 Å². The van der Waals surface area contributed by atoms with Crippen LogP contribution in [0.5, 0.6) is 0 Å². The second-order valence-electron chi connectivity index (χ2n) is 3.98. The Morgan fingerprint density at radius 3 is 2.79 bits per heavy atom. The number of carbonyl (C=O) groups is 1. The monoisotopic (exact) mass is 266 g/mol. The number of aryl methyl sites for hydroxylation is 1. The highest BCUT2D eigenvalue weighted by Crippen LogP contribution is 2.21. The van der Waals surface area contributed by atoms with E-state index in [2.05, 4.69) is 5.32 Å². The molecule has 0 saturated heterocycles. The highest BCUT2D eigenvalue weighted by molar-refractivity contribution is 5.91. The number of nitrogens with two attached hydrogens (primary N) is 1. The Kier molecular flexibility index (Phi) is 3.79. The molecule has 2 rings (SSSR count). The van der Waals surface area contributed by atoms with E-state index < -0.39 is 17.5 Å². The number of hydrogen-bond acceptors (Lipinski definition) is 3. The van der Waals surface area contributed by atoms with Gasteiger partial charge in [-0.15, -0.1) is 0 Å². The lowest BCUT2D eigenvalue weighted by Gasteiger charge is -2.07. The molecule has 6 heteroatoms. The number of furan rings is 1. The van der Waals surface area contributed by atoms with Gasteiger partial charge in [0.1, 0.15) is 17.4 Å². The molecule has 1 amide bonds. The van der Waals surface area contributed by atoms with E-state index in [-0.39, 0.29) is 17.8 Å². The summed E-state index contributed by atoms with van der Waals surface area (Å²) in [5.74, 6) is -1.46. The van der Waals surface area contributed by atoms with Gasteiger partial charge in [-0.3, -0.25) is 4.79 Å². The van der Waals surface area contributed by atoms with Crippen LogP contribution in [-0.4, -0.2) is 5.91 Å². The molecule has 1 aromatic carbocycles. The number of halogens is 2. The van der Waals surface area contributed by atoms with Crippen molar-refractivity contribution in [1.82, 2.24) is 0 Å². The molecule has 0 aliphatic heterocycles. The molecule has 0 saturated carbocycles. The Bertz CT molecular complexity index is 583. The molecule has 0 spiro atoms. The van der Waals surface area contributed by atoms with Gasteiger partial charge in [0, 0.05) is 18.9 Å². The highest BCUT2D eigenvalue weighted by atomic mass is 19.1. The lowest BCUT2D eigenvalue weighted by molar-refractivity contribution is -0.116. The maximum atomic E-state index is 13.4. The van der Waals surface area contributed by atoms with Gasteiger partial charge in [0.2, 0.25) is 5.91 Å². The Morgan fingerprint density at radius 1 is 1.32 bits per heavy atom. The van der Waals surface area contributed by atoms with Crippen molar-refractivity contribution in [2.45, 2.75) is 12.8 Å². The number of carbonyl (C=O) groups excluding carboxylic acids is 1. The second-order valence-corrected chi connectivity index (χ2v) is 3.98. The predicted molar refractivity (Wildman–Crippen MR) is 66.4 cm³/mol. The number of nitrogen functional groups attached to an aromatic ring is 1. The minimum absolute atomic E-state index is 0.129. The first kappa shape index (κ1) is 13.1. The van der Waals surface area contributed by atoms with E-state index in [0.29, 0.717) is 18.2 Å².